The molecule has 28 heavy (non-hydrogen) atoms. The number of furan rings is 1. The van der Waals surface area contributed by atoms with E-state index < -0.39 is 32.9 Å². The smallest absolute Gasteiger partial charge is 0.451 e. The summed E-state index contributed by atoms with van der Waals surface area (Å²) in [5, 5.41) is 0.909. The lowest BCUT2D eigenvalue weighted by Crippen LogP contribution is -2.41. The first-order valence-corrected chi connectivity index (χ1v) is 9.27. The molecule has 0 aliphatic rings. The van der Waals surface area contributed by atoms with Gasteiger partial charge in [0.1, 0.15) is 16.2 Å². The van der Waals surface area contributed by atoms with Crippen molar-refractivity contribution in [1.82, 2.24) is 10.3 Å². The predicted molar refractivity (Wildman–Crippen MR) is 92.1 cm³/mol. The van der Waals surface area contributed by atoms with E-state index in [0.29, 0.717) is 16.0 Å². The van der Waals surface area contributed by atoms with Crippen molar-refractivity contribution in [3.63, 3.8) is 0 Å². The minimum atomic E-state index is -5.09. The van der Waals surface area contributed by atoms with Gasteiger partial charge in [0.05, 0.1) is 0 Å². The monoisotopic (exact) mass is 434 g/mol. The third-order valence-corrected chi connectivity index (χ3v) is 4.89. The lowest BCUT2D eigenvalue weighted by atomic mass is 10.2. The van der Waals surface area contributed by atoms with Gasteiger partial charge in [-0.2, -0.15) is 0 Å². The summed E-state index contributed by atoms with van der Waals surface area (Å²) in [6.45, 7) is 0. The van der Waals surface area contributed by atoms with Crippen LogP contribution in [0.4, 0.5) is 13.2 Å². The average Bonchev–Trinajstić information content (AvgIpc) is 3.02. The number of hydrazine groups is 1. The van der Waals surface area contributed by atoms with Crippen LogP contribution in [0.25, 0.3) is 11.0 Å². The number of halogens is 4. The first kappa shape index (κ1) is 20.0. The normalized spacial score (nSPS) is 12.1. The van der Waals surface area contributed by atoms with E-state index in [9.17, 15) is 26.4 Å². The van der Waals surface area contributed by atoms with Crippen molar-refractivity contribution in [2.75, 3.05) is 0 Å². The summed E-state index contributed by atoms with van der Waals surface area (Å²) in [7, 11) is -4.57. The van der Waals surface area contributed by atoms with Crippen LogP contribution in [0.2, 0.25) is 5.02 Å². The molecule has 0 fully saturated rings. The Bertz CT molecular complexity index is 1140. The molecule has 0 radical (unpaired) electrons. The zero-order chi connectivity index (χ0) is 20.5. The van der Waals surface area contributed by atoms with Gasteiger partial charge in [-0.1, -0.05) is 23.7 Å². The number of sulfonamides is 1. The van der Waals surface area contributed by atoms with Crippen LogP contribution in [0.5, 0.6) is 5.75 Å². The number of hydrogen-bond donors (Lipinski definition) is 2. The zero-order valence-electron chi connectivity index (χ0n) is 13.6. The second-order valence-electron chi connectivity index (χ2n) is 5.35. The molecule has 0 saturated heterocycles. The molecule has 0 aliphatic carbocycles. The molecule has 2 aromatic carbocycles. The van der Waals surface area contributed by atoms with E-state index in [-0.39, 0.29) is 5.76 Å². The molecule has 0 atom stereocenters. The van der Waals surface area contributed by atoms with Gasteiger partial charge in [-0.05, 0) is 36.4 Å². The Balaban J connectivity index is 1.78. The standard InChI is InChI=1S/C16H10ClF3N2O5S/c17-10-5-6-11-9(7-10)8-13(26-11)15(23)21-22-28(24,25)14-4-2-1-3-12(14)27-16(18,19)20/h1-8,22H,(H,21,23). The highest BCUT2D eigenvalue weighted by Crippen LogP contribution is 2.29. The van der Waals surface area contributed by atoms with E-state index >= 15 is 0 Å². The van der Waals surface area contributed by atoms with Crippen LogP contribution in [-0.4, -0.2) is 20.7 Å². The Hall–Kier alpha value is -2.76. The molecule has 0 bridgehead atoms. The maximum absolute atomic E-state index is 12.4. The van der Waals surface area contributed by atoms with Gasteiger partial charge >= 0.3 is 12.3 Å². The van der Waals surface area contributed by atoms with Crippen molar-refractivity contribution in [1.29, 1.82) is 0 Å². The molecule has 1 heterocycles. The number of para-hydroxylation sites is 1. The SMILES string of the molecule is O=C(NNS(=O)(=O)c1ccccc1OC(F)(F)F)c1cc2cc(Cl)ccc2o1. The van der Waals surface area contributed by atoms with Crippen LogP contribution in [0.15, 0.2) is 57.8 Å². The van der Waals surface area contributed by atoms with Gasteiger partial charge in [0.2, 0.25) is 0 Å². The van der Waals surface area contributed by atoms with Gasteiger partial charge in [-0.15, -0.1) is 18.0 Å². The number of ether oxygens (including phenoxy) is 1. The van der Waals surface area contributed by atoms with Crippen molar-refractivity contribution in [3.8, 4) is 5.75 Å². The number of fused-ring (bicyclic) bond motifs is 1. The molecule has 0 saturated carbocycles. The van der Waals surface area contributed by atoms with E-state index in [1.807, 2.05) is 5.43 Å². The van der Waals surface area contributed by atoms with Gasteiger partial charge in [-0.25, -0.2) is 8.42 Å². The average molecular weight is 435 g/mol. The van der Waals surface area contributed by atoms with Crippen LogP contribution in [0.3, 0.4) is 0 Å². The van der Waals surface area contributed by atoms with E-state index in [0.717, 1.165) is 18.2 Å². The second-order valence-corrected chi connectivity index (χ2v) is 7.43. The lowest BCUT2D eigenvalue weighted by molar-refractivity contribution is -0.275. The number of rotatable bonds is 5. The summed E-state index contributed by atoms with van der Waals surface area (Å²) in [6, 6.07) is 9.99. The highest BCUT2D eigenvalue weighted by atomic mass is 35.5. The number of amides is 1. The predicted octanol–water partition coefficient (Wildman–Crippen LogP) is 3.61. The molecule has 3 rings (SSSR count). The minimum Gasteiger partial charge on any atom is -0.451 e. The minimum absolute atomic E-state index is 0.236. The van der Waals surface area contributed by atoms with Crippen LogP contribution < -0.4 is 15.0 Å². The fourth-order valence-corrected chi connectivity index (χ4v) is 3.39. The third kappa shape index (κ3) is 4.55. The van der Waals surface area contributed by atoms with Crippen molar-refractivity contribution >= 4 is 38.5 Å². The Morgan fingerprint density at radius 1 is 1.11 bits per heavy atom. The van der Waals surface area contributed by atoms with E-state index in [1.165, 1.54) is 30.3 Å². The summed E-state index contributed by atoms with van der Waals surface area (Å²) in [4.78, 5) is 13.0. The van der Waals surface area contributed by atoms with Crippen molar-refractivity contribution in [2.45, 2.75) is 11.3 Å². The summed E-state index contributed by atoms with van der Waals surface area (Å²) in [5.74, 6) is -2.15. The lowest BCUT2D eigenvalue weighted by Gasteiger charge is -2.14. The fourth-order valence-electron chi connectivity index (χ4n) is 2.24. The molecule has 2 N–H and O–H groups in total. The first-order valence-electron chi connectivity index (χ1n) is 7.41. The molecule has 12 heteroatoms. The molecule has 7 nitrogen and oxygen atoms in total. The van der Waals surface area contributed by atoms with Crippen LogP contribution in [-0.2, 0) is 10.0 Å². The molecular formula is C16H10ClF3N2O5S. The van der Waals surface area contributed by atoms with Crippen LogP contribution >= 0.6 is 11.6 Å². The maximum Gasteiger partial charge on any atom is 0.573 e. The number of carbonyl (C=O) groups excluding carboxylic acids is 1. The second kappa shape index (κ2) is 7.34. The largest absolute Gasteiger partial charge is 0.573 e. The van der Waals surface area contributed by atoms with E-state index in [4.69, 9.17) is 16.0 Å². The highest BCUT2D eigenvalue weighted by molar-refractivity contribution is 7.89. The molecular weight excluding hydrogens is 425 g/mol. The summed E-state index contributed by atoms with van der Waals surface area (Å²) < 4.78 is 70.8. The number of benzene rings is 2. The molecule has 3 aromatic rings. The van der Waals surface area contributed by atoms with Crippen molar-refractivity contribution in [3.05, 3.63) is 59.3 Å². The summed E-state index contributed by atoms with van der Waals surface area (Å²) >= 11 is 5.83. The summed E-state index contributed by atoms with van der Waals surface area (Å²) in [6.07, 6.45) is -5.09. The quantitative estimate of drug-likeness (QED) is 0.598. The Morgan fingerprint density at radius 2 is 1.82 bits per heavy atom. The Kier molecular flexibility index (Phi) is 5.24. The molecule has 0 spiro atoms. The molecule has 0 aliphatic heterocycles. The van der Waals surface area contributed by atoms with Crippen molar-refractivity contribution in [2.24, 2.45) is 0 Å². The van der Waals surface area contributed by atoms with Gasteiger partial charge < -0.3 is 9.15 Å². The van der Waals surface area contributed by atoms with Crippen LogP contribution in [0, 0.1) is 0 Å². The van der Waals surface area contributed by atoms with Gasteiger partial charge in [0, 0.05) is 10.4 Å². The van der Waals surface area contributed by atoms with Crippen LogP contribution in [0.1, 0.15) is 10.6 Å². The number of hydrogen-bond acceptors (Lipinski definition) is 5. The zero-order valence-corrected chi connectivity index (χ0v) is 15.2. The summed E-state index contributed by atoms with van der Waals surface area (Å²) in [5.41, 5.74) is 2.20. The number of carbonyl (C=O) groups is 1. The number of nitrogens with one attached hydrogen (secondary N) is 2. The van der Waals surface area contributed by atoms with Gasteiger partial charge in [0.15, 0.2) is 5.76 Å². The van der Waals surface area contributed by atoms with Gasteiger partial charge in [-0.3, -0.25) is 10.2 Å². The topological polar surface area (TPSA) is 97.6 Å². The Labute approximate surface area is 161 Å². The first-order chi connectivity index (χ1) is 13.0. The maximum atomic E-state index is 12.4. The molecule has 1 aromatic heterocycles. The fraction of sp³-hybridized carbons (Fsp3) is 0.0625. The molecule has 1 amide bonds. The molecule has 0 unspecified atom stereocenters. The Morgan fingerprint density at radius 3 is 2.54 bits per heavy atom. The van der Waals surface area contributed by atoms with E-state index in [1.54, 1.807) is 4.83 Å². The highest BCUT2D eigenvalue weighted by Gasteiger charge is 2.34. The van der Waals surface area contributed by atoms with Gasteiger partial charge in [0.25, 0.3) is 10.0 Å². The molecule has 148 valence electrons. The number of alkyl halides is 3. The van der Waals surface area contributed by atoms with E-state index in [2.05, 4.69) is 4.74 Å². The third-order valence-electron chi connectivity index (χ3n) is 3.37. The van der Waals surface area contributed by atoms with Crippen molar-refractivity contribution < 1.29 is 35.5 Å².